The highest BCUT2D eigenvalue weighted by atomic mass is 79.9. The molecule has 0 unspecified atom stereocenters. The number of rotatable bonds is 2. The van der Waals surface area contributed by atoms with E-state index in [9.17, 15) is 4.79 Å². The Morgan fingerprint density at radius 3 is 2.60 bits per heavy atom. The third-order valence-corrected chi connectivity index (χ3v) is 4.40. The molecule has 1 aromatic carbocycles. The van der Waals surface area contributed by atoms with Crippen molar-refractivity contribution in [3.05, 3.63) is 57.8 Å². The predicted molar refractivity (Wildman–Crippen MR) is 88.5 cm³/mol. The Morgan fingerprint density at radius 1 is 1.20 bits per heavy atom. The van der Waals surface area contributed by atoms with E-state index in [-0.39, 0.29) is 5.91 Å². The van der Waals surface area contributed by atoms with Crippen molar-refractivity contribution in [2.75, 3.05) is 4.90 Å². The van der Waals surface area contributed by atoms with Crippen LogP contribution in [-0.4, -0.2) is 10.2 Å². The van der Waals surface area contributed by atoms with Crippen LogP contribution in [0.5, 0.6) is 0 Å². The van der Waals surface area contributed by atoms with Crippen molar-refractivity contribution in [2.24, 2.45) is 0 Å². The van der Waals surface area contributed by atoms with Crippen molar-refractivity contribution in [2.45, 2.75) is 0 Å². The lowest BCUT2D eigenvalue weighted by Gasteiger charge is -2.13. The number of anilines is 1. The van der Waals surface area contributed by atoms with Crippen LogP contribution in [0.2, 0.25) is 0 Å². The molecule has 0 radical (unpaired) electrons. The summed E-state index contributed by atoms with van der Waals surface area (Å²) in [7, 11) is 0. The van der Waals surface area contributed by atoms with Crippen LogP contribution < -0.4 is 4.90 Å². The normalized spacial score (nSPS) is 17.2. The Bertz CT molecular complexity index is 709. The molecule has 0 spiro atoms. The van der Waals surface area contributed by atoms with Gasteiger partial charge in [-0.2, -0.15) is 0 Å². The zero-order valence-electron chi connectivity index (χ0n) is 10.1. The fourth-order valence-electron chi connectivity index (χ4n) is 1.80. The summed E-state index contributed by atoms with van der Waals surface area (Å²) in [6.45, 7) is 0. The van der Waals surface area contributed by atoms with Crippen molar-refractivity contribution < 1.29 is 9.21 Å². The molecule has 0 atom stereocenters. The number of furan rings is 1. The average molecular weight is 366 g/mol. The lowest BCUT2D eigenvalue weighted by Crippen LogP contribution is -2.27. The maximum absolute atomic E-state index is 12.4. The Kier molecular flexibility index (Phi) is 3.78. The van der Waals surface area contributed by atoms with Gasteiger partial charge >= 0.3 is 0 Å². The fourth-order valence-corrected chi connectivity index (χ4v) is 3.40. The lowest BCUT2D eigenvalue weighted by molar-refractivity contribution is -0.113. The molecule has 6 heteroatoms. The second kappa shape index (κ2) is 5.55. The highest BCUT2D eigenvalue weighted by molar-refractivity contribution is 9.10. The minimum atomic E-state index is -0.126. The molecule has 0 aliphatic carbocycles. The van der Waals surface area contributed by atoms with E-state index >= 15 is 0 Å². The van der Waals surface area contributed by atoms with Crippen LogP contribution in [0.15, 0.2) is 56.5 Å². The molecule has 100 valence electrons. The number of benzene rings is 1. The quantitative estimate of drug-likeness (QED) is 0.581. The number of hydrogen-bond donors (Lipinski definition) is 0. The lowest BCUT2D eigenvalue weighted by atomic mass is 10.3. The van der Waals surface area contributed by atoms with E-state index in [0.29, 0.717) is 19.7 Å². The third-order valence-electron chi connectivity index (χ3n) is 2.68. The Labute approximate surface area is 133 Å². The molecule has 2 aromatic rings. The summed E-state index contributed by atoms with van der Waals surface area (Å²) in [5.74, 6) is 0.490. The molecule has 0 saturated carbocycles. The van der Waals surface area contributed by atoms with Gasteiger partial charge in [-0.1, -0.05) is 42.2 Å². The summed E-state index contributed by atoms with van der Waals surface area (Å²) >= 11 is 9.79. The number of hydrogen-bond acceptors (Lipinski definition) is 4. The van der Waals surface area contributed by atoms with E-state index in [1.165, 1.54) is 16.7 Å². The third kappa shape index (κ3) is 2.59. The van der Waals surface area contributed by atoms with Crippen LogP contribution in [0.4, 0.5) is 5.69 Å². The highest BCUT2D eigenvalue weighted by Gasteiger charge is 2.33. The second-order valence-electron chi connectivity index (χ2n) is 3.99. The minimum Gasteiger partial charge on any atom is -0.450 e. The summed E-state index contributed by atoms with van der Waals surface area (Å²) in [6, 6.07) is 12.9. The Morgan fingerprint density at radius 2 is 1.95 bits per heavy atom. The largest absolute Gasteiger partial charge is 0.450 e. The van der Waals surface area contributed by atoms with Crippen LogP contribution >= 0.6 is 39.9 Å². The van der Waals surface area contributed by atoms with Crippen molar-refractivity contribution in [1.29, 1.82) is 0 Å². The van der Waals surface area contributed by atoms with Crippen molar-refractivity contribution in [1.82, 2.24) is 0 Å². The van der Waals surface area contributed by atoms with Gasteiger partial charge in [-0.3, -0.25) is 9.69 Å². The summed E-state index contributed by atoms with van der Waals surface area (Å²) in [6.07, 6.45) is 1.70. The maximum Gasteiger partial charge on any atom is 0.270 e. The molecule has 0 bridgehead atoms. The Balaban J connectivity index is 1.93. The number of nitrogens with zero attached hydrogens (tertiary/aromatic N) is 1. The van der Waals surface area contributed by atoms with Crippen molar-refractivity contribution >= 4 is 61.9 Å². The molecule has 1 aliphatic heterocycles. The molecular weight excluding hydrogens is 358 g/mol. The first-order valence-electron chi connectivity index (χ1n) is 5.73. The van der Waals surface area contributed by atoms with Crippen LogP contribution in [0.3, 0.4) is 0 Å². The molecule has 0 N–H and O–H groups in total. The number of carbonyl (C=O) groups is 1. The van der Waals surface area contributed by atoms with Crippen molar-refractivity contribution in [3.8, 4) is 0 Å². The molecule has 1 aromatic heterocycles. The molecule has 1 aliphatic rings. The smallest absolute Gasteiger partial charge is 0.270 e. The maximum atomic E-state index is 12.4. The highest BCUT2D eigenvalue weighted by Crippen LogP contribution is 2.36. The van der Waals surface area contributed by atoms with E-state index in [1.54, 1.807) is 18.2 Å². The van der Waals surface area contributed by atoms with Gasteiger partial charge in [0.1, 0.15) is 5.76 Å². The standard InChI is InChI=1S/C14H8BrNO2S2/c15-12-7-6-10(18-12)8-11-13(17)16(14(19)20-11)9-4-2-1-3-5-9/h1-8H/b11-8+. The van der Waals surface area contributed by atoms with Gasteiger partial charge in [0.25, 0.3) is 5.91 Å². The zero-order valence-corrected chi connectivity index (χ0v) is 13.3. The number of para-hydroxylation sites is 1. The van der Waals surface area contributed by atoms with Crippen LogP contribution in [0.1, 0.15) is 5.76 Å². The zero-order chi connectivity index (χ0) is 14.1. The monoisotopic (exact) mass is 365 g/mol. The number of halogens is 1. The number of thiocarbonyl (C=S) groups is 1. The molecule has 2 heterocycles. The summed E-state index contributed by atoms with van der Waals surface area (Å²) in [5, 5.41) is 0. The molecule has 3 nitrogen and oxygen atoms in total. The van der Waals surface area contributed by atoms with E-state index in [0.717, 1.165) is 5.69 Å². The van der Waals surface area contributed by atoms with Gasteiger partial charge in [-0.25, -0.2) is 0 Å². The molecule has 1 amide bonds. The summed E-state index contributed by atoms with van der Waals surface area (Å²) in [5.41, 5.74) is 0.777. The SMILES string of the molecule is O=C1/C(=C\c2ccc(Br)o2)SC(=S)N1c1ccccc1. The van der Waals surface area contributed by atoms with E-state index in [4.69, 9.17) is 16.6 Å². The topological polar surface area (TPSA) is 33.5 Å². The van der Waals surface area contributed by atoms with Gasteiger partial charge < -0.3 is 4.42 Å². The van der Waals surface area contributed by atoms with Gasteiger partial charge in [-0.15, -0.1) is 0 Å². The first-order chi connectivity index (χ1) is 9.65. The first kappa shape index (κ1) is 13.6. The van der Waals surface area contributed by atoms with Crippen LogP contribution in [0.25, 0.3) is 6.08 Å². The van der Waals surface area contributed by atoms with E-state index in [2.05, 4.69) is 15.9 Å². The van der Waals surface area contributed by atoms with E-state index in [1.807, 2.05) is 30.3 Å². The second-order valence-corrected chi connectivity index (χ2v) is 6.45. The van der Waals surface area contributed by atoms with Gasteiger partial charge in [0.2, 0.25) is 0 Å². The Hall–Kier alpha value is -1.37. The van der Waals surface area contributed by atoms with Gasteiger partial charge in [-0.05, 0) is 40.2 Å². The molecule has 1 saturated heterocycles. The summed E-state index contributed by atoms with van der Waals surface area (Å²) in [4.78, 5) is 14.5. The van der Waals surface area contributed by atoms with E-state index < -0.39 is 0 Å². The molecular formula is C14H8BrNO2S2. The fraction of sp³-hybridized carbons (Fsp3) is 0. The molecule has 20 heavy (non-hydrogen) atoms. The summed E-state index contributed by atoms with van der Waals surface area (Å²) < 4.78 is 6.54. The molecule has 3 rings (SSSR count). The molecule has 1 fully saturated rings. The van der Waals surface area contributed by atoms with Gasteiger partial charge in [0.05, 0.1) is 10.6 Å². The van der Waals surface area contributed by atoms with Gasteiger partial charge in [0.15, 0.2) is 8.99 Å². The first-order valence-corrected chi connectivity index (χ1v) is 7.75. The number of thioether (sulfide) groups is 1. The number of carbonyl (C=O) groups excluding carboxylic acids is 1. The number of amides is 1. The average Bonchev–Trinajstić information content (AvgIpc) is 2.96. The van der Waals surface area contributed by atoms with Crippen LogP contribution in [0, 0.1) is 0 Å². The minimum absolute atomic E-state index is 0.126. The van der Waals surface area contributed by atoms with Crippen LogP contribution in [-0.2, 0) is 4.79 Å². The predicted octanol–water partition coefficient (Wildman–Crippen LogP) is 4.45. The van der Waals surface area contributed by atoms with Gasteiger partial charge in [0, 0.05) is 6.08 Å². The van der Waals surface area contributed by atoms with Crippen molar-refractivity contribution in [3.63, 3.8) is 0 Å².